The van der Waals surface area contributed by atoms with Gasteiger partial charge in [0.25, 0.3) is 0 Å². The normalized spacial score (nSPS) is 38.5. The van der Waals surface area contributed by atoms with Crippen LogP contribution in [0.3, 0.4) is 0 Å². The molecule has 3 aliphatic rings. The molecule has 0 radical (unpaired) electrons. The van der Waals surface area contributed by atoms with Gasteiger partial charge in [0, 0.05) is 0 Å². The van der Waals surface area contributed by atoms with E-state index in [1.165, 1.54) is 11.1 Å². The summed E-state index contributed by atoms with van der Waals surface area (Å²) < 4.78 is 0. The SMILES string of the molecule is CC12c3ccccc3[C@@H]3[C@@H](c4ccccc41)N32. The lowest BCUT2D eigenvalue weighted by Crippen LogP contribution is -2.26. The largest absolute Gasteiger partial charge is 0.272 e. The van der Waals surface area contributed by atoms with Gasteiger partial charge >= 0.3 is 0 Å². The maximum atomic E-state index is 2.67. The molecular weight excluding hydrogens is 206 g/mol. The van der Waals surface area contributed by atoms with Crippen LogP contribution in [0.15, 0.2) is 48.5 Å². The molecule has 5 rings (SSSR count). The minimum Gasteiger partial charge on any atom is -0.272 e. The summed E-state index contributed by atoms with van der Waals surface area (Å²) in [6.45, 7) is 2.39. The standard InChI is InChI=1S/C16H13N/c1-16-12-8-4-2-6-10(12)14-15(17(14)16)11-7-3-5-9-13(11)16/h2-9,14-15H,1H3/t14-,15-,16?,17?/m1/s1. The topological polar surface area (TPSA) is 3.01 Å². The molecule has 1 nitrogen and oxygen atoms in total. The number of hydrogen-bond acceptors (Lipinski definition) is 1. The predicted molar refractivity (Wildman–Crippen MR) is 66.7 cm³/mol. The van der Waals surface area contributed by atoms with E-state index in [9.17, 15) is 0 Å². The summed E-state index contributed by atoms with van der Waals surface area (Å²) in [7, 11) is 0. The number of hydrogen-bond donors (Lipinski definition) is 0. The third-order valence-electron chi connectivity index (χ3n) is 4.93. The summed E-state index contributed by atoms with van der Waals surface area (Å²) in [6.07, 6.45) is 0. The Morgan fingerprint density at radius 1 is 0.824 bits per heavy atom. The van der Waals surface area contributed by atoms with Crippen molar-refractivity contribution in [3.63, 3.8) is 0 Å². The van der Waals surface area contributed by atoms with Crippen LogP contribution in [0.1, 0.15) is 41.3 Å². The number of rotatable bonds is 0. The van der Waals surface area contributed by atoms with E-state index in [1.54, 1.807) is 11.1 Å². The van der Waals surface area contributed by atoms with Gasteiger partial charge in [0.2, 0.25) is 0 Å². The molecule has 1 saturated heterocycles. The monoisotopic (exact) mass is 219 g/mol. The van der Waals surface area contributed by atoms with E-state index >= 15 is 0 Å². The van der Waals surface area contributed by atoms with Crippen molar-refractivity contribution in [2.75, 3.05) is 0 Å². The van der Waals surface area contributed by atoms with Crippen LogP contribution < -0.4 is 0 Å². The average Bonchev–Trinajstić information content (AvgIpc) is 3.02. The smallest absolute Gasteiger partial charge is 0.0705 e. The van der Waals surface area contributed by atoms with Crippen molar-refractivity contribution >= 4 is 0 Å². The summed E-state index contributed by atoms with van der Waals surface area (Å²) in [5.74, 6) is 0. The van der Waals surface area contributed by atoms with Crippen LogP contribution in [0.2, 0.25) is 0 Å². The Hall–Kier alpha value is -1.60. The van der Waals surface area contributed by atoms with E-state index in [1.807, 2.05) is 0 Å². The fraction of sp³-hybridized carbons (Fsp3) is 0.250. The Kier molecular flexibility index (Phi) is 1.16. The van der Waals surface area contributed by atoms with Gasteiger partial charge in [-0.05, 0) is 29.2 Å². The first-order valence-corrected chi connectivity index (χ1v) is 6.31. The van der Waals surface area contributed by atoms with Crippen molar-refractivity contribution in [2.45, 2.75) is 24.5 Å². The Morgan fingerprint density at radius 2 is 1.29 bits per heavy atom. The van der Waals surface area contributed by atoms with E-state index in [-0.39, 0.29) is 5.54 Å². The maximum Gasteiger partial charge on any atom is 0.0705 e. The van der Waals surface area contributed by atoms with Crippen LogP contribution >= 0.6 is 0 Å². The van der Waals surface area contributed by atoms with Crippen LogP contribution in [0, 0.1) is 0 Å². The second kappa shape index (κ2) is 2.32. The van der Waals surface area contributed by atoms with Crippen molar-refractivity contribution in [1.82, 2.24) is 4.90 Å². The summed E-state index contributed by atoms with van der Waals surface area (Å²) in [5, 5.41) is 0. The molecule has 3 heterocycles. The van der Waals surface area contributed by atoms with Crippen molar-refractivity contribution in [1.29, 1.82) is 0 Å². The second-order valence-electron chi connectivity index (χ2n) is 5.54. The average molecular weight is 219 g/mol. The first-order valence-electron chi connectivity index (χ1n) is 6.31. The van der Waals surface area contributed by atoms with Crippen LogP contribution in [0.4, 0.5) is 0 Å². The minimum atomic E-state index is 0.141. The minimum absolute atomic E-state index is 0.141. The highest BCUT2D eigenvalue weighted by atomic mass is 15.4. The fourth-order valence-corrected chi connectivity index (χ4v) is 4.25. The van der Waals surface area contributed by atoms with Gasteiger partial charge in [0.05, 0.1) is 17.6 Å². The molecule has 0 aromatic heterocycles. The lowest BCUT2D eigenvalue weighted by molar-refractivity contribution is 0.325. The van der Waals surface area contributed by atoms with Gasteiger partial charge in [0.1, 0.15) is 0 Å². The van der Waals surface area contributed by atoms with Gasteiger partial charge in [-0.3, -0.25) is 4.90 Å². The molecule has 2 aromatic rings. The van der Waals surface area contributed by atoms with Crippen LogP contribution in [-0.4, -0.2) is 4.90 Å². The molecule has 2 atom stereocenters. The van der Waals surface area contributed by atoms with Crippen molar-refractivity contribution in [3.05, 3.63) is 70.8 Å². The zero-order valence-corrected chi connectivity index (χ0v) is 9.72. The molecule has 17 heavy (non-hydrogen) atoms. The Balaban J connectivity index is 1.91. The van der Waals surface area contributed by atoms with Crippen LogP contribution in [-0.2, 0) is 5.54 Å². The summed E-state index contributed by atoms with van der Waals surface area (Å²) in [4.78, 5) is 2.67. The van der Waals surface area contributed by atoms with Crippen molar-refractivity contribution in [2.24, 2.45) is 0 Å². The first-order chi connectivity index (χ1) is 8.33. The van der Waals surface area contributed by atoms with E-state index in [0.717, 1.165) is 0 Å². The Morgan fingerprint density at radius 3 is 1.82 bits per heavy atom. The summed E-state index contributed by atoms with van der Waals surface area (Å²) in [5.41, 5.74) is 6.28. The molecule has 3 aliphatic heterocycles. The number of benzene rings is 2. The van der Waals surface area contributed by atoms with Gasteiger partial charge in [-0.15, -0.1) is 0 Å². The Bertz CT molecular complexity index is 605. The molecule has 0 amide bonds. The molecule has 0 spiro atoms. The van der Waals surface area contributed by atoms with E-state index in [0.29, 0.717) is 12.1 Å². The number of fused-ring (bicyclic) bond motifs is 7. The lowest BCUT2D eigenvalue weighted by Gasteiger charge is -2.26. The second-order valence-corrected chi connectivity index (χ2v) is 5.54. The molecule has 1 fully saturated rings. The van der Waals surface area contributed by atoms with E-state index in [4.69, 9.17) is 0 Å². The molecule has 0 saturated carbocycles. The zero-order valence-electron chi connectivity index (χ0n) is 9.72. The van der Waals surface area contributed by atoms with Crippen molar-refractivity contribution in [3.8, 4) is 0 Å². The van der Waals surface area contributed by atoms with Gasteiger partial charge < -0.3 is 0 Å². The maximum absolute atomic E-state index is 2.67. The lowest BCUT2D eigenvalue weighted by atomic mass is 9.85. The molecule has 0 bridgehead atoms. The van der Waals surface area contributed by atoms with Gasteiger partial charge in [0.15, 0.2) is 0 Å². The molecule has 82 valence electrons. The van der Waals surface area contributed by atoms with Gasteiger partial charge in [-0.1, -0.05) is 48.5 Å². The highest BCUT2D eigenvalue weighted by Crippen LogP contribution is 2.74. The van der Waals surface area contributed by atoms with Gasteiger partial charge in [-0.25, -0.2) is 0 Å². The van der Waals surface area contributed by atoms with Crippen molar-refractivity contribution < 1.29 is 0 Å². The summed E-state index contributed by atoms with van der Waals surface area (Å²) >= 11 is 0. The van der Waals surface area contributed by atoms with Crippen LogP contribution in [0.25, 0.3) is 0 Å². The third-order valence-corrected chi connectivity index (χ3v) is 4.93. The van der Waals surface area contributed by atoms with Gasteiger partial charge in [-0.2, -0.15) is 0 Å². The van der Waals surface area contributed by atoms with Crippen LogP contribution in [0.5, 0.6) is 0 Å². The zero-order chi connectivity index (χ0) is 11.2. The predicted octanol–water partition coefficient (Wildman–Crippen LogP) is 3.38. The Labute approximate surface area is 101 Å². The highest BCUT2D eigenvalue weighted by Gasteiger charge is 2.70. The molecule has 2 aromatic carbocycles. The molecular formula is C16H13N. The first kappa shape index (κ1) is 8.48. The molecule has 0 aliphatic carbocycles. The third kappa shape index (κ3) is 0.696. The van der Waals surface area contributed by atoms with E-state index < -0.39 is 0 Å². The fourth-order valence-electron chi connectivity index (χ4n) is 4.25. The molecule has 1 heteroatoms. The quantitative estimate of drug-likeness (QED) is 0.614. The molecule has 0 unspecified atom stereocenters. The number of nitrogens with zero attached hydrogens (tertiary/aromatic N) is 1. The molecule has 0 N–H and O–H groups in total. The van der Waals surface area contributed by atoms with E-state index in [2.05, 4.69) is 60.4 Å². The summed E-state index contributed by atoms with van der Waals surface area (Å²) in [6, 6.07) is 19.2. The highest BCUT2D eigenvalue weighted by molar-refractivity contribution is 5.63.